The Balaban J connectivity index is 2.02. The smallest absolute Gasteiger partial charge is 0.217 e. The highest BCUT2D eigenvalue weighted by molar-refractivity contribution is 7.99. The van der Waals surface area contributed by atoms with Crippen molar-refractivity contribution in [2.45, 2.75) is 56.6 Å². The summed E-state index contributed by atoms with van der Waals surface area (Å²) in [7, 11) is 0. The van der Waals surface area contributed by atoms with E-state index in [0.29, 0.717) is 18.9 Å². The highest BCUT2D eigenvalue weighted by atomic mass is 32.2. The Hall–Kier alpha value is -1.04. The minimum Gasteiger partial charge on any atom is -0.370 e. The van der Waals surface area contributed by atoms with Crippen LogP contribution >= 0.6 is 11.8 Å². The van der Waals surface area contributed by atoms with E-state index in [2.05, 4.69) is 21.7 Å². The van der Waals surface area contributed by atoms with E-state index in [-0.39, 0.29) is 5.91 Å². The average molecular weight is 268 g/mol. The zero-order chi connectivity index (χ0) is 13.0. The number of amides is 1. The van der Waals surface area contributed by atoms with Gasteiger partial charge in [0.2, 0.25) is 5.91 Å². The number of rotatable bonds is 8. The predicted octanol–water partition coefficient (Wildman–Crippen LogP) is 1.92. The van der Waals surface area contributed by atoms with Crippen LogP contribution in [0.2, 0.25) is 0 Å². The van der Waals surface area contributed by atoms with E-state index < -0.39 is 0 Å². The number of unbranched alkanes of at least 4 members (excludes halogenated alkanes) is 1. The number of primary amides is 1. The van der Waals surface area contributed by atoms with E-state index in [1.165, 1.54) is 25.7 Å². The van der Waals surface area contributed by atoms with Gasteiger partial charge in [-0.15, -0.1) is 10.2 Å². The normalized spacial score (nSPS) is 14.9. The first kappa shape index (κ1) is 13.4. The fourth-order valence-corrected chi connectivity index (χ4v) is 2.93. The molecule has 0 unspecified atom stereocenters. The Labute approximate surface area is 112 Å². The standard InChI is InChI=1S/C12H20N4OS/c1-2-3-8-18-12-15-14-11(7-6-10(13)17)16(12)9-4-5-9/h9H,2-8H2,1H3,(H2,13,17). The molecule has 0 saturated heterocycles. The molecule has 0 aromatic carbocycles. The highest BCUT2D eigenvalue weighted by Gasteiger charge is 2.29. The molecule has 1 aliphatic carbocycles. The second-order valence-corrected chi connectivity index (χ2v) is 5.73. The summed E-state index contributed by atoms with van der Waals surface area (Å²) >= 11 is 1.77. The van der Waals surface area contributed by atoms with Gasteiger partial charge in [-0.1, -0.05) is 25.1 Å². The van der Waals surface area contributed by atoms with E-state index in [0.717, 1.165) is 16.7 Å². The zero-order valence-corrected chi connectivity index (χ0v) is 11.6. The fraction of sp³-hybridized carbons (Fsp3) is 0.750. The maximum Gasteiger partial charge on any atom is 0.217 e. The van der Waals surface area contributed by atoms with Gasteiger partial charge in [-0.3, -0.25) is 4.79 Å². The Bertz CT molecular complexity index is 414. The quantitative estimate of drug-likeness (QED) is 0.577. The van der Waals surface area contributed by atoms with Crippen LogP contribution in [0.4, 0.5) is 0 Å². The first-order valence-corrected chi connectivity index (χ1v) is 7.55. The van der Waals surface area contributed by atoms with Crippen LogP contribution in [-0.4, -0.2) is 26.4 Å². The molecule has 0 atom stereocenters. The van der Waals surface area contributed by atoms with Gasteiger partial charge in [0, 0.05) is 24.6 Å². The molecule has 0 spiro atoms. The van der Waals surface area contributed by atoms with Crippen molar-refractivity contribution in [3.05, 3.63) is 5.82 Å². The first-order valence-electron chi connectivity index (χ1n) is 6.57. The largest absolute Gasteiger partial charge is 0.370 e. The van der Waals surface area contributed by atoms with Crippen molar-refractivity contribution >= 4 is 17.7 Å². The maximum absolute atomic E-state index is 10.8. The molecule has 1 heterocycles. The molecule has 1 aromatic rings. The lowest BCUT2D eigenvalue weighted by Gasteiger charge is -2.07. The third kappa shape index (κ3) is 3.48. The van der Waals surface area contributed by atoms with E-state index >= 15 is 0 Å². The van der Waals surface area contributed by atoms with Crippen LogP contribution in [0.15, 0.2) is 5.16 Å². The first-order chi connectivity index (χ1) is 8.72. The highest BCUT2D eigenvalue weighted by Crippen LogP contribution is 2.39. The molecule has 5 nitrogen and oxygen atoms in total. The minimum atomic E-state index is -0.277. The van der Waals surface area contributed by atoms with Gasteiger partial charge >= 0.3 is 0 Å². The van der Waals surface area contributed by atoms with Crippen molar-refractivity contribution in [2.75, 3.05) is 5.75 Å². The van der Waals surface area contributed by atoms with Gasteiger partial charge in [0.05, 0.1) is 0 Å². The van der Waals surface area contributed by atoms with Crippen LogP contribution in [0.5, 0.6) is 0 Å². The number of thioether (sulfide) groups is 1. The molecular weight excluding hydrogens is 248 g/mol. The van der Waals surface area contributed by atoms with Crippen molar-refractivity contribution in [2.24, 2.45) is 5.73 Å². The number of aromatic nitrogens is 3. The Morgan fingerprint density at radius 3 is 2.89 bits per heavy atom. The number of hydrogen-bond donors (Lipinski definition) is 1. The van der Waals surface area contributed by atoms with Gasteiger partial charge in [0.1, 0.15) is 5.82 Å². The van der Waals surface area contributed by atoms with Gasteiger partial charge in [0.15, 0.2) is 5.16 Å². The third-order valence-corrected chi connectivity index (χ3v) is 4.00. The van der Waals surface area contributed by atoms with Crippen LogP contribution in [0.25, 0.3) is 0 Å². The average Bonchev–Trinajstić information content (AvgIpc) is 3.09. The Kier molecular flexibility index (Phi) is 4.63. The SMILES string of the molecule is CCCCSc1nnc(CCC(N)=O)n1C1CC1. The van der Waals surface area contributed by atoms with Gasteiger partial charge < -0.3 is 10.3 Å². The molecule has 2 rings (SSSR count). The summed E-state index contributed by atoms with van der Waals surface area (Å²) in [5, 5.41) is 9.47. The zero-order valence-electron chi connectivity index (χ0n) is 10.8. The number of carbonyl (C=O) groups is 1. The van der Waals surface area contributed by atoms with Crippen molar-refractivity contribution in [3.63, 3.8) is 0 Å². The summed E-state index contributed by atoms with van der Waals surface area (Å²) in [5.41, 5.74) is 5.19. The maximum atomic E-state index is 10.8. The second kappa shape index (κ2) is 6.22. The van der Waals surface area contributed by atoms with E-state index in [9.17, 15) is 4.79 Å². The number of hydrogen-bond acceptors (Lipinski definition) is 4. The molecule has 2 N–H and O–H groups in total. The lowest BCUT2D eigenvalue weighted by atomic mass is 10.3. The predicted molar refractivity (Wildman–Crippen MR) is 71.4 cm³/mol. The van der Waals surface area contributed by atoms with Crippen LogP contribution in [0, 0.1) is 0 Å². The summed E-state index contributed by atoms with van der Waals surface area (Å²) in [5.74, 6) is 1.72. The van der Waals surface area contributed by atoms with Gasteiger partial charge in [0.25, 0.3) is 0 Å². The molecule has 0 bridgehead atoms. The van der Waals surface area contributed by atoms with Gasteiger partial charge in [-0.05, 0) is 19.3 Å². The van der Waals surface area contributed by atoms with Crippen molar-refractivity contribution in [3.8, 4) is 0 Å². The minimum absolute atomic E-state index is 0.277. The molecule has 0 aliphatic heterocycles. The second-order valence-electron chi connectivity index (χ2n) is 4.67. The van der Waals surface area contributed by atoms with E-state index in [1.54, 1.807) is 11.8 Å². The molecule has 1 saturated carbocycles. The van der Waals surface area contributed by atoms with E-state index in [1.807, 2.05) is 0 Å². The number of carbonyl (C=O) groups excluding carboxylic acids is 1. The summed E-state index contributed by atoms with van der Waals surface area (Å²) in [6.45, 7) is 2.18. The number of nitrogens with zero attached hydrogens (tertiary/aromatic N) is 3. The molecule has 1 fully saturated rings. The summed E-state index contributed by atoms with van der Waals surface area (Å²) in [6, 6.07) is 0.548. The summed E-state index contributed by atoms with van der Waals surface area (Å²) < 4.78 is 2.21. The number of aryl methyl sites for hydroxylation is 1. The molecule has 1 aliphatic rings. The molecule has 6 heteroatoms. The van der Waals surface area contributed by atoms with E-state index in [4.69, 9.17) is 5.73 Å². The van der Waals surface area contributed by atoms with Crippen LogP contribution < -0.4 is 5.73 Å². The Morgan fingerprint density at radius 2 is 2.28 bits per heavy atom. The molecule has 0 radical (unpaired) electrons. The Morgan fingerprint density at radius 1 is 1.50 bits per heavy atom. The van der Waals surface area contributed by atoms with Crippen LogP contribution in [0.3, 0.4) is 0 Å². The fourth-order valence-electron chi connectivity index (χ4n) is 1.82. The van der Waals surface area contributed by atoms with Gasteiger partial charge in [-0.2, -0.15) is 0 Å². The number of nitrogens with two attached hydrogens (primary N) is 1. The lowest BCUT2D eigenvalue weighted by Crippen LogP contribution is -2.13. The van der Waals surface area contributed by atoms with Crippen molar-refractivity contribution < 1.29 is 4.79 Å². The van der Waals surface area contributed by atoms with Crippen molar-refractivity contribution in [1.29, 1.82) is 0 Å². The third-order valence-electron chi connectivity index (χ3n) is 2.97. The van der Waals surface area contributed by atoms with Crippen LogP contribution in [-0.2, 0) is 11.2 Å². The summed E-state index contributed by atoms with van der Waals surface area (Å²) in [6.07, 6.45) is 5.74. The van der Waals surface area contributed by atoms with Crippen molar-refractivity contribution in [1.82, 2.24) is 14.8 Å². The summed E-state index contributed by atoms with van der Waals surface area (Å²) in [4.78, 5) is 10.8. The molecule has 1 aromatic heterocycles. The van der Waals surface area contributed by atoms with Crippen LogP contribution in [0.1, 0.15) is 50.9 Å². The lowest BCUT2D eigenvalue weighted by molar-refractivity contribution is -0.118. The molecular formula is C12H20N4OS. The topological polar surface area (TPSA) is 73.8 Å². The molecule has 1 amide bonds. The monoisotopic (exact) mass is 268 g/mol. The van der Waals surface area contributed by atoms with Gasteiger partial charge in [-0.25, -0.2) is 0 Å². The molecule has 18 heavy (non-hydrogen) atoms. The molecule has 100 valence electrons.